The summed E-state index contributed by atoms with van der Waals surface area (Å²) in [5, 5.41) is 0. The molecule has 1 aromatic rings. The first-order valence-electron chi connectivity index (χ1n) is 4.35. The Morgan fingerprint density at radius 1 is 1.46 bits per heavy atom. The number of amides is 1. The maximum atomic E-state index is 11.3. The molecule has 0 saturated carbocycles. The molecule has 0 aromatic heterocycles. The Balaban J connectivity index is 2.45. The second-order valence-corrected chi connectivity index (χ2v) is 2.93. The molecule has 0 unspecified atom stereocenters. The lowest BCUT2D eigenvalue weighted by molar-refractivity contribution is 0.142. The summed E-state index contributed by atoms with van der Waals surface area (Å²) in [7, 11) is 0. The summed E-state index contributed by atoms with van der Waals surface area (Å²) >= 11 is 0. The number of carbonyl (C=O) groups excluding carboxylic acids is 1. The Hall–Kier alpha value is -1.51. The Labute approximate surface area is 76.9 Å². The first-order valence-corrected chi connectivity index (χ1v) is 4.35. The monoisotopic (exact) mass is 177 g/mol. The second-order valence-electron chi connectivity index (χ2n) is 2.93. The third-order valence-corrected chi connectivity index (χ3v) is 2.17. The van der Waals surface area contributed by atoms with Gasteiger partial charge in [0.25, 0.3) is 0 Å². The maximum absolute atomic E-state index is 11.3. The molecule has 0 saturated heterocycles. The number of hydrogen-bond donors (Lipinski definition) is 0. The van der Waals surface area contributed by atoms with Crippen molar-refractivity contribution in [2.75, 3.05) is 11.4 Å². The molecule has 0 bridgehead atoms. The molecule has 1 amide bonds. The van der Waals surface area contributed by atoms with Crippen LogP contribution in [-0.4, -0.2) is 12.6 Å². The van der Waals surface area contributed by atoms with Crippen molar-refractivity contribution < 1.29 is 9.53 Å². The minimum Gasteiger partial charge on any atom is -0.444 e. The molecule has 0 spiro atoms. The zero-order valence-corrected chi connectivity index (χ0v) is 7.49. The van der Waals surface area contributed by atoms with Crippen LogP contribution in [0.3, 0.4) is 0 Å². The molecule has 0 N–H and O–H groups in total. The van der Waals surface area contributed by atoms with Gasteiger partial charge in [-0.1, -0.05) is 18.2 Å². The van der Waals surface area contributed by atoms with Crippen LogP contribution in [0.15, 0.2) is 24.3 Å². The van der Waals surface area contributed by atoms with Crippen LogP contribution in [0, 0.1) is 0 Å². The molecule has 0 atom stereocenters. The predicted octanol–water partition coefficient (Wildman–Crippen LogP) is 2.16. The van der Waals surface area contributed by atoms with Crippen molar-refractivity contribution in [2.24, 2.45) is 0 Å². The first-order chi connectivity index (χ1) is 6.33. The highest BCUT2D eigenvalue weighted by Crippen LogP contribution is 2.25. The van der Waals surface area contributed by atoms with Gasteiger partial charge in [-0.3, -0.25) is 4.90 Å². The van der Waals surface area contributed by atoms with Crippen molar-refractivity contribution in [2.45, 2.75) is 13.5 Å². The SMILES string of the molecule is CCN1C(=O)OCc2ccccc21. The molecule has 1 aliphatic rings. The average molecular weight is 177 g/mol. The second kappa shape index (κ2) is 3.09. The largest absolute Gasteiger partial charge is 0.444 e. The Bertz CT molecular complexity index is 335. The molecule has 1 aliphatic heterocycles. The molecular weight excluding hydrogens is 166 g/mol. The van der Waals surface area contributed by atoms with Crippen LogP contribution in [0.2, 0.25) is 0 Å². The lowest BCUT2D eigenvalue weighted by Gasteiger charge is -2.27. The van der Waals surface area contributed by atoms with E-state index in [-0.39, 0.29) is 6.09 Å². The molecule has 2 rings (SSSR count). The summed E-state index contributed by atoms with van der Waals surface area (Å²) in [6.45, 7) is 2.98. The van der Waals surface area contributed by atoms with Gasteiger partial charge < -0.3 is 4.74 Å². The number of carbonyl (C=O) groups is 1. The molecule has 0 radical (unpaired) electrons. The average Bonchev–Trinajstić information content (AvgIpc) is 2.18. The van der Waals surface area contributed by atoms with E-state index in [2.05, 4.69) is 0 Å². The van der Waals surface area contributed by atoms with Crippen LogP contribution in [0.4, 0.5) is 10.5 Å². The van der Waals surface area contributed by atoms with Gasteiger partial charge in [-0.2, -0.15) is 0 Å². The van der Waals surface area contributed by atoms with Crippen molar-refractivity contribution in [3.05, 3.63) is 29.8 Å². The smallest absolute Gasteiger partial charge is 0.414 e. The van der Waals surface area contributed by atoms with Gasteiger partial charge in [0.15, 0.2) is 0 Å². The van der Waals surface area contributed by atoms with E-state index in [1.54, 1.807) is 4.90 Å². The van der Waals surface area contributed by atoms with E-state index in [0.29, 0.717) is 13.2 Å². The van der Waals surface area contributed by atoms with E-state index < -0.39 is 0 Å². The van der Waals surface area contributed by atoms with Gasteiger partial charge in [0.1, 0.15) is 6.61 Å². The fourth-order valence-electron chi connectivity index (χ4n) is 1.51. The van der Waals surface area contributed by atoms with Crippen LogP contribution in [0.5, 0.6) is 0 Å². The van der Waals surface area contributed by atoms with Crippen LogP contribution in [0.25, 0.3) is 0 Å². The van der Waals surface area contributed by atoms with Crippen molar-refractivity contribution >= 4 is 11.8 Å². The van der Waals surface area contributed by atoms with Crippen molar-refractivity contribution in [3.8, 4) is 0 Å². The number of benzene rings is 1. The lowest BCUT2D eigenvalue weighted by Crippen LogP contribution is -2.35. The highest BCUT2D eigenvalue weighted by Gasteiger charge is 2.23. The highest BCUT2D eigenvalue weighted by molar-refractivity contribution is 5.90. The van der Waals surface area contributed by atoms with Crippen LogP contribution < -0.4 is 4.90 Å². The number of nitrogens with zero attached hydrogens (tertiary/aromatic N) is 1. The Morgan fingerprint density at radius 3 is 3.00 bits per heavy atom. The number of cyclic esters (lactones) is 1. The van der Waals surface area contributed by atoms with E-state index in [1.165, 1.54) is 0 Å². The number of fused-ring (bicyclic) bond motifs is 1. The maximum Gasteiger partial charge on any atom is 0.414 e. The Morgan fingerprint density at radius 2 is 2.23 bits per heavy atom. The standard InChI is InChI=1S/C10H11NO2/c1-2-11-9-6-4-3-5-8(9)7-13-10(11)12/h3-6H,2,7H2,1H3. The predicted molar refractivity (Wildman–Crippen MR) is 49.6 cm³/mol. The van der Waals surface area contributed by atoms with Crippen molar-refractivity contribution in [1.29, 1.82) is 0 Å². The Kier molecular flexibility index (Phi) is 1.93. The van der Waals surface area contributed by atoms with Gasteiger partial charge in [0.2, 0.25) is 0 Å². The van der Waals surface area contributed by atoms with Crippen molar-refractivity contribution in [1.82, 2.24) is 0 Å². The van der Waals surface area contributed by atoms with Gasteiger partial charge in [-0.05, 0) is 13.0 Å². The fourth-order valence-corrected chi connectivity index (χ4v) is 1.51. The van der Waals surface area contributed by atoms with Gasteiger partial charge in [0, 0.05) is 12.1 Å². The summed E-state index contributed by atoms with van der Waals surface area (Å²) in [5.74, 6) is 0. The minimum atomic E-state index is -0.249. The molecular formula is C10H11NO2. The zero-order valence-electron chi connectivity index (χ0n) is 7.49. The first kappa shape index (κ1) is 8.10. The lowest BCUT2D eigenvalue weighted by atomic mass is 10.1. The van der Waals surface area contributed by atoms with Crippen LogP contribution in [-0.2, 0) is 11.3 Å². The number of rotatable bonds is 1. The summed E-state index contributed by atoms with van der Waals surface area (Å²) in [6.07, 6.45) is -0.249. The molecule has 0 fully saturated rings. The molecule has 1 aromatic carbocycles. The van der Waals surface area contributed by atoms with E-state index in [9.17, 15) is 4.79 Å². The number of anilines is 1. The third-order valence-electron chi connectivity index (χ3n) is 2.17. The summed E-state index contributed by atoms with van der Waals surface area (Å²) in [5.41, 5.74) is 2.05. The van der Waals surface area contributed by atoms with E-state index in [1.807, 2.05) is 31.2 Å². The quantitative estimate of drug-likeness (QED) is 0.657. The number of ether oxygens (including phenoxy) is 1. The summed E-state index contributed by atoms with van der Waals surface area (Å²) in [6, 6.07) is 7.80. The summed E-state index contributed by atoms with van der Waals surface area (Å²) in [4.78, 5) is 12.9. The zero-order chi connectivity index (χ0) is 9.26. The molecule has 3 nitrogen and oxygen atoms in total. The van der Waals surface area contributed by atoms with E-state index >= 15 is 0 Å². The number of hydrogen-bond acceptors (Lipinski definition) is 2. The van der Waals surface area contributed by atoms with Gasteiger partial charge in [-0.15, -0.1) is 0 Å². The molecule has 13 heavy (non-hydrogen) atoms. The van der Waals surface area contributed by atoms with E-state index in [0.717, 1.165) is 11.3 Å². The van der Waals surface area contributed by atoms with Gasteiger partial charge >= 0.3 is 6.09 Å². The van der Waals surface area contributed by atoms with Gasteiger partial charge in [0.05, 0.1) is 5.69 Å². The number of para-hydroxylation sites is 1. The molecule has 1 heterocycles. The topological polar surface area (TPSA) is 29.5 Å². The highest BCUT2D eigenvalue weighted by atomic mass is 16.6. The molecule has 0 aliphatic carbocycles. The minimum absolute atomic E-state index is 0.249. The molecule has 3 heteroatoms. The van der Waals surface area contributed by atoms with E-state index in [4.69, 9.17) is 4.74 Å². The van der Waals surface area contributed by atoms with Crippen molar-refractivity contribution in [3.63, 3.8) is 0 Å². The summed E-state index contributed by atoms with van der Waals surface area (Å²) < 4.78 is 4.99. The van der Waals surface area contributed by atoms with Gasteiger partial charge in [-0.25, -0.2) is 4.79 Å². The van der Waals surface area contributed by atoms with Crippen LogP contribution >= 0.6 is 0 Å². The van der Waals surface area contributed by atoms with Crippen LogP contribution in [0.1, 0.15) is 12.5 Å². The fraction of sp³-hybridized carbons (Fsp3) is 0.300. The normalized spacial score (nSPS) is 15.2. The molecule has 68 valence electrons. The third kappa shape index (κ3) is 1.26.